The number of rotatable bonds is 4. The summed E-state index contributed by atoms with van der Waals surface area (Å²) in [7, 11) is 0. The third-order valence-electron chi connectivity index (χ3n) is 3.61. The molecular weight excluding hydrogens is 234 g/mol. The number of hydrogen-bond donors (Lipinski definition) is 0. The maximum Gasteiger partial charge on any atom is 0.134 e. The maximum absolute atomic E-state index is 5.91. The van der Waals surface area contributed by atoms with Gasteiger partial charge in [-0.05, 0) is 25.5 Å². The van der Waals surface area contributed by atoms with Gasteiger partial charge < -0.3 is 9.30 Å². The summed E-state index contributed by atoms with van der Waals surface area (Å²) in [5.74, 6) is 0. The van der Waals surface area contributed by atoms with Crippen molar-refractivity contribution in [2.75, 3.05) is 6.61 Å². The van der Waals surface area contributed by atoms with Gasteiger partial charge in [0, 0.05) is 17.4 Å². The standard InChI is InChI=1S/C17H19NO/c1-3-17(19-4-2)18-15-11-7-5-9-13(15)14-10-6-8-12-16(14)18/h5-12,17H,3-4H2,1-2H3. The zero-order chi connectivity index (χ0) is 13.2. The van der Waals surface area contributed by atoms with Gasteiger partial charge in [0.15, 0.2) is 0 Å². The van der Waals surface area contributed by atoms with Crippen LogP contribution in [0.15, 0.2) is 48.5 Å². The lowest BCUT2D eigenvalue weighted by molar-refractivity contribution is 0.0137. The van der Waals surface area contributed by atoms with Crippen molar-refractivity contribution in [3.63, 3.8) is 0 Å². The quantitative estimate of drug-likeness (QED) is 0.655. The van der Waals surface area contributed by atoms with Crippen LogP contribution in [-0.4, -0.2) is 11.2 Å². The van der Waals surface area contributed by atoms with E-state index in [0.717, 1.165) is 13.0 Å². The number of aromatic nitrogens is 1. The van der Waals surface area contributed by atoms with E-state index in [9.17, 15) is 0 Å². The summed E-state index contributed by atoms with van der Waals surface area (Å²) in [6.45, 7) is 4.96. The second kappa shape index (κ2) is 5.06. The van der Waals surface area contributed by atoms with Crippen molar-refractivity contribution in [2.24, 2.45) is 0 Å². The molecule has 2 aromatic carbocycles. The maximum atomic E-state index is 5.91. The number of para-hydroxylation sites is 2. The smallest absolute Gasteiger partial charge is 0.134 e. The van der Waals surface area contributed by atoms with E-state index in [1.807, 2.05) is 0 Å². The Morgan fingerprint density at radius 3 is 1.89 bits per heavy atom. The SMILES string of the molecule is CCOC(CC)n1c2ccccc2c2ccccc21. The van der Waals surface area contributed by atoms with Crippen LogP contribution in [0.1, 0.15) is 26.5 Å². The van der Waals surface area contributed by atoms with Gasteiger partial charge in [0.05, 0.1) is 11.0 Å². The second-order valence-electron chi connectivity index (χ2n) is 4.72. The molecule has 3 aromatic rings. The molecule has 2 heteroatoms. The van der Waals surface area contributed by atoms with E-state index in [0.29, 0.717) is 0 Å². The monoisotopic (exact) mass is 253 g/mol. The summed E-state index contributed by atoms with van der Waals surface area (Å²) in [6, 6.07) is 17.1. The average molecular weight is 253 g/mol. The third kappa shape index (κ3) is 1.92. The summed E-state index contributed by atoms with van der Waals surface area (Å²) in [6.07, 6.45) is 1.08. The van der Waals surface area contributed by atoms with E-state index >= 15 is 0 Å². The molecule has 0 fully saturated rings. The number of fused-ring (bicyclic) bond motifs is 3. The van der Waals surface area contributed by atoms with Gasteiger partial charge in [0.2, 0.25) is 0 Å². The Kier molecular flexibility index (Phi) is 3.26. The van der Waals surface area contributed by atoms with E-state index in [1.165, 1.54) is 21.8 Å². The molecule has 1 atom stereocenters. The lowest BCUT2D eigenvalue weighted by atomic mass is 10.2. The van der Waals surface area contributed by atoms with Gasteiger partial charge >= 0.3 is 0 Å². The van der Waals surface area contributed by atoms with Crippen LogP contribution < -0.4 is 0 Å². The van der Waals surface area contributed by atoms with E-state index in [-0.39, 0.29) is 6.23 Å². The largest absolute Gasteiger partial charge is 0.358 e. The van der Waals surface area contributed by atoms with Gasteiger partial charge in [0.25, 0.3) is 0 Å². The number of ether oxygens (including phenoxy) is 1. The van der Waals surface area contributed by atoms with Gasteiger partial charge in [-0.3, -0.25) is 0 Å². The molecule has 98 valence electrons. The van der Waals surface area contributed by atoms with Crippen molar-refractivity contribution < 1.29 is 4.74 Å². The third-order valence-corrected chi connectivity index (χ3v) is 3.61. The van der Waals surface area contributed by atoms with Crippen LogP contribution in [0.4, 0.5) is 0 Å². The molecule has 1 aromatic heterocycles. The zero-order valence-electron chi connectivity index (χ0n) is 11.5. The highest BCUT2D eigenvalue weighted by Gasteiger charge is 2.16. The average Bonchev–Trinajstić information content (AvgIpc) is 2.80. The van der Waals surface area contributed by atoms with E-state index in [4.69, 9.17) is 4.74 Å². The van der Waals surface area contributed by atoms with Crippen molar-refractivity contribution in [2.45, 2.75) is 26.5 Å². The molecule has 0 amide bonds. The second-order valence-corrected chi connectivity index (χ2v) is 4.72. The van der Waals surface area contributed by atoms with Crippen molar-refractivity contribution in [3.05, 3.63) is 48.5 Å². The molecule has 0 spiro atoms. The van der Waals surface area contributed by atoms with E-state index in [1.54, 1.807) is 0 Å². The topological polar surface area (TPSA) is 14.2 Å². The molecule has 3 rings (SSSR count). The predicted molar refractivity (Wildman–Crippen MR) is 80.4 cm³/mol. The summed E-state index contributed by atoms with van der Waals surface area (Å²) in [5, 5.41) is 2.60. The van der Waals surface area contributed by atoms with Gasteiger partial charge in [-0.25, -0.2) is 0 Å². The fourth-order valence-electron chi connectivity index (χ4n) is 2.83. The number of hydrogen-bond acceptors (Lipinski definition) is 1. The Morgan fingerprint density at radius 1 is 0.895 bits per heavy atom. The molecule has 1 unspecified atom stereocenters. The van der Waals surface area contributed by atoms with Gasteiger partial charge in [-0.15, -0.1) is 0 Å². The first-order valence-electron chi connectivity index (χ1n) is 6.96. The summed E-state index contributed by atoms with van der Waals surface area (Å²) in [5.41, 5.74) is 2.51. The summed E-state index contributed by atoms with van der Waals surface area (Å²) in [4.78, 5) is 0. The molecule has 0 N–H and O–H groups in total. The Morgan fingerprint density at radius 2 is 1.42 bits per heavy atom. The van der Waals surface area contributed by atoms with Crippen molar-refractivity contribution in [1.82, 2.24) is 4.57 Å². The van der Waals surface area contributed by atoms with Gasteiger partial charge in [-0.2, -0.15) is 0 Å². The minimum atomic E-state index is 0.106. The van der Waals surface area contributed by atoms with Gasteiger partial charge in [0.1, 0.15) is 6.23 Å². The molecule has 0 radical (unpaired) electrons. The molecule has 0 saturated carbocycles. The van der Waals surface area contributed by atoms with Crippen molar-refractivity contribution >= 4 is 21.8 Å². The highest BCUT2D eigenvalue weighted by molar-refractivity contribution is 6.08. The molecule has 1 heterocycles. The van der Waals surface area contributed by atoms with Crippen LogP contribution in [0, 0.1) is 0 Å². The molecule has 19 heavy (non-hydrogen) atoms. The van der Waals surface area contributed by atoms with E-state index in [2.05, 4.69) is 66.9 Å². The van der Waals surface area contributed by atoms with Crippen molar-refractivity contribution in [1.29, 1.82) is 0 Å². The van der Waals surface area contributed by atoms with Crippen molar-refractivity contribution in [3.8, 4) is 0 Å². The fraction of sp³-hybridized carbons (Fsp3) is 0.294. The first kappa shape index (κ1) is 12.2. The fourth-order valence-corrected chi connectivity index (χ4v) is 2.83. The molecule has 0 aliphatic rings. The minimum Gasteiger partial charge on any atom is -0.358 e. The zero-order valence-corrected chi connectivity index (χ0v) is 11.5. The van der Waals surface area contributed by atoms with Crippen LogP contribution >= 0.6 is 0 Å². The molecular formula is C17H19NO. The van der Waals surface area contributed by atoms with Crippen LogP contribution in [0.25, 0.3) is 21.8 Å². The minimum absolute atomic E-state index is 0.106. The molecule has 0 aliphatic carbocycles. The Bertz CT molecular complexity index is 645. The molecule has 0 bridgehead atoms. The first-order valence-corrected chi connectivity index (χ1v) is 6.96. The molecule has 0 aliphatic heterocycles. The lowest BCUT2D eigenvalue weighted by Crippen LogP contribution is -2.11. The number of benzene rings is 2. The highest BCUT2D eigenvalue weighted by atomic mass is 16.5. The van der Waals surface area contributed by atoms with E-state index < -0.39 is 0 Å². The summed E-state index contributed by atoms with van der Waals surface area (Å²) < 4.78 is 8.24. The van der Waals surface area contributed by atoms with Crippen LogP contribution in [0.2, 0.25) is 0 Å². The normalized spacial score (nSPS) is 13.2. The Balaban J connectivity index is 2.35. The first-order chi connectivity index (χ1) is 9.36. The highest BCUT2D eigenvalue weighted by Crippen LogP contribution is 2.32. The predicted octanol–water partition coefficient (Wildman–Crippen LogP) is 4.74. The van der Waals surface area contributed by atoms with Crippen LogP contribution in [-0.2, 0) is 4.74 Å². The molecule has 0 saturated heterocycles. The van der Waals surface area contributed by atoms with Gasteiger partial charge in [-0.1, -0.05) is 43.3 Å². The Hall–Kier alpha value is -1.80. The van der Waals surface area contributed by atoms with Crippen LogP contribution in [0.3, 0.4) is 0 Å². The lowest BCUT2D eigenvalue weighted by Gasteiger charge is -2.19. The summed E-state index contributed by atoms with van der Waals surface area (Å²) >= 11 is 0. The molecule has 2 nitrogen and oxygen atoms in total. The number of nitrogens with zero attached hydrogens (tertiary/aromatic N) is 1. The Labute approximate surface area is 113 Å². The van der Waals surface area contributed by atoms with Crippen LogP contribution in [0.5, 0.6) is 0 Å².